The van der Waals surface area contributed by atoms with Crippen molar-refractivity contribution >= 4 is 11.8 Å². The van der Waals surface area contributed by atoms with Crippen molar-refractivity contribution in [3.63, 3.8) is 0 Å². The maximum atomic E-state index is 10.0. The lowest BCUT2D eigenvalue weighted by molar-refractivity contribution is -0.0769. The van der Waals surface area contributed by atoms with Gasteiger partial charge >= 0.3 is 0 Å². The lowest BCUT2D eigenvalue weighted by atomic mass is 9.79. The fourth-order valence-corrected chi connectivity index (χ4v) is 5.30. The Morgan fingerprint density at radius 1 is 1.09 bits per heavy atom. The first-order chi connectivity index (χ1) is 15.6. The molecule has 0 saturated carbocycles. The minimum atomic E-state index is -0.307. The number of anilines is 2. The number of rotatable bonds is 4. The molecule has 0 bridgehead atoms. The van der Waals surface area contributed by atoms with E-state index in [0.29, 0.717) is 13.2 Å². The number of nitrogens with zero attached hydrogens (tertiary/aromatic N) is 4. The molecule has 8 nitrogen and oxygen atoms in total. The van der Waals surface area contributed by atoms with Gasteiger partial charge in [-0.05, 0) is 61.4 Å². The van der Waals surface area contributed by atoms with Gasteiger partial charge in [0.05, 0.1) is 32.5 Å². The Labute approximate surface area is 189 Å². The Balaban J connectivity index is 1.35. The second-order valence-corrected chi connectivity index (χ2v) is 8.90. The topological polar surface area (TPSA) is 80.2 Å². The second kappa shape index (κ2) is 8.75. The number of aromatic nitrogens is 2. The van der Waals surface area contributed by atoms with Crippen LogP contribution in [0.25, 0.3) is 0 Å². The molecule has 1 unspecified atom stereocenters. The van der Waals surface area contributed by atoms with Gasteiger partial charge in [-0.25, -0.2) is 4.98 Å². The Morgan fingerprint density at radius 2 is 1.88 bits per heavy atom. The van der Waals surface area contributed by atoms with E-state index < -0.39 is 0 Å². The Bertz CT molecular complexity index is 961. The number of aliphatic hydroxyl groups excluding tert-OH is 1. The summed E-state index contributed by atoms with van der Waals surface area (Å²) in [5.41, 5.74) is 2.19. The quantitative estimate of drug-likeness (QED) is 0.777. The van der Waals surface area contributed by atoms with Gasteiger partial charge in [-0.3, -0.25) is 0 Å². The molecule has 3 aliphatic heterocycles. The summed E-state index contributed by atoms with van der Waals surface area (Å²) < 4.78 is 17.5. The highest BCUT2D eigenvalue weighted by Crippen LogP contribution is 2.45. The molecule has 8 heteroatoms. The average Bonchev–Trinajstić information content (AvgIpc) is 2.84. The first-order valence-corrected chi connectivity index (χ1v) is 11.5. The van der Waals surface area contributed by atoms with Crippen LogP contribution in [0.5, 0.6) is 11.5 Å². The molecule has 1 aromatic heterocycles. The molecule has 1 atom stereocenters. The largest absolute Gasteiger partial charge is 0.493 e. The first-order valence-electron chi connectivity index (χ1n) is 11.5. The van der Waals surface area contributed by atoms with Crippen molar-refractivity contribution in [3.05, 3.63) is 35.5 Å². The number of aliphatic hydroxyl groups is 1. The van der Waals surface area contributed by atoms with Crippen LogP contribution in [0.1, 0.15) is 36.8 Å². The molecule has 5 rings (SSSR count). The summed E-state index contributed by atoms with van der Waals surface area (Å²) in [7, 11) is 3.35. The van der Waals surface area contributed by atoms with Crippen molar-refractivity contribution in [1.29, 1.82) is 0 Å². The van der Waals surface area contributed by atoms with Crippen molar-refractivity contribution in [2.75, 3.05) is 56.8 Å². The summed E-state index contributed by atoms with van der Waals surface area (Å²) in [5.74, 6) is 3.16. The van der Waals surface area contributed by atoms with Gasteiger partial charge in [0.1, 0.15) is 5.82 Å². The standard InChI is InChI=1S/C24H32N4O4/c1-30-20-14-17-6-13-32-24(19(17)15-21(20)31-2)7-11-27(12-8-24)23-25-9-5-22(26-23)28-10-3-4-18(29)16-28/h5,9,14-15,18,29H,3-4,6-8,10-13,16H2,1-2H3. The molecule has 172 valence electrons. The number of methoxy groups -OCH3 is 2. The van der Waals surface area contributed by atoms with E-state index in [0.717, 1.165) is 75.0 Å². The number of piperidine rings is 2. The van der Waals surface area contributed by atoms with Crippen molar-refractivity contribution in [2.24, 2.45) is 0 Å². The van der Waals surface area contributed by atoms with E-state index in [4.69, 9.17) is 19.2 Å². The average molecular weight is 441 g/mol. The van der Waals surface area contributed by atoms with E-state index >= 15 is 0 Å². The van der Waals surface area contributed by atoms with E-state index in [9.17, 15) is 5.11 Å². The highest BCUT2D eigenvalue weighted by Gasteiger charge is 2.42. The van der Waals surface area contributed by atoms with Gasteiger partial charge in [0.25, 0.3) is 0 Å². The van der Waals surface area contributed by atoms with E-state index in [1.165, 1.54) is 11.1 Å². The van der Waals surface area contributed by atoms with Crippen LogP contribution in [0.3, 0.4) is 0 Å². The van der Waals surface area contributed by atoms with Crippen molar-refractivity contribution < 1.29 is 19.3 Å². The molecule has 0 amide bonds. The van der Waals surface area contributed by atoms with Crippen molar-refractivity contribution in [3.8, 4) is 11.5 Å². The number of fused-ring (bicyclic) bond motifs is 2. The van der Waals surface area contributed by atoms with Gasteiger partial charge in [0, 0.05) is 32.4 Å². The van der Waals surface area contributed by atoms with Crippen LogP contribution in [0.15, 0.2) is 24.4 Å². The predicted octanol–water partition coefficient (Wildman–Crippen LogP) is 2.52. The third-order valence-corrected chi connectivity index (χ3v) is 7.05. The zero-order valence-electron chi connectivity index (χ0n) is 18.9. The van der Waals surface area contributed by atoms with E-state index in [2.05, 4.69) is 26.9 Å². The Hall–Kier alpha value is -2.58. The molecule has 2 saturated heterocycles. The minimum absolute atomic E-state index is 0.281. The Morgan fingerprint density at radius 3 is 2.62 bits per heavy atom. The molecule has 2 aromatic rings. The molecule has 4 heterocycles. The molecular weight excluding hydrogens is 408 g/mol. The predicted molar refractivity (Wildman–Crippen MR) is 122 cm³/mol. The number of ether oxygens (including phenoxy) is 3. The normalized spacial score (nSPS) is 22.5. The summed E-state index contributed by atoms with van der Waals surface area (Å²) in [6.45, 7) is 3.91. The highest BCUT2D eigenvalue weighted by atomic mass is 16.5. The van der Waals surface area contributed by atoms with Gasteiger partial charge < -0.3 is 29.1 Å². The van der Waals surface area contributed by atoms with Crippen LogP contribution < -0.4 is 19.3 Å². The molecule has 0 aliphatic carbocycles. The lowest BCUT2D eigenvalue weighted by Gasteiger charge is -2.45. The van der Waals surface area contributed by atoms with Crippen LogP contribution in [-0.4, -0.2) is 68.2 Å². The molecule has 32 heavy (non-hydrogen) atoms. The monoisotopic (exact) mass is 440 g/mol. The third-order valence-electron chi connectivity index (χ3n) is 7.05. The molecule has 3 aliphatic rings. The van der Waals surface area contributed by atoms with Crippen molar-refractivity contribution in [2.45, 2.75) is 43.8 Å². The first kappa shape index (κ1) is 21.3. The lowest BCUT2D eigenvalue weighted by Crippen LogP contribution is -2.47. The summed E-state index contributed by atoms with van der Waals surface area (Å²) >= 11 is 0. The second-order valence-electron chi connectivity index (χ2n) is 8.90. The zero-order valence-corrected chi connectivity index (χ0v) is 18.9. The van der Waals surface area contributed by atoms with Crippen LogP contribution in [-0.2, 0) is 16.8 Å². The summed E-state index contributed by atoms with van der Waals surface area (Å²) in [5, 5.41) is 10.0. The van der Waals surface area contributed by atoms with Gasteiger partial charge in [0.15, 0.2) is 11.5 Å². The van der Waals surface area contributed by atoms with Crippen LogP contribution in [0.2, 0.25) is 0 Å². The Kier molecular flexibility index (Phi) is 5.82. The maximum absolute atomic E-state index is 10.0. The summed E-state index contributed by atoms with van der Waals surface area (Å²) in [4.78, 5) is 13.8. The summed E-state index contributed by atoms with van der Waals surface area (Å²) in [6.07, 6.45) is 6.01. The summed E-state index contributed by atoms with van der Waals surface area (Å²) in [6, 6.07) is 6.14. The van der Waals surface area contributed by atoms with Gasteiger partial charge in [-0.2, -0.15) is 4.98 Å². The fourth-order valence-electron chi connectivity index (χ4n) is 5.30. The number of hydrogen-bond donors (Lipinski definition) is 1. The zero-order chi connectivity index (χ0) is 22.1. The molecule has 2 fully saturated rings. The molecular formula is C24H32N4O4. The third kappa shape index (κ3) is 3.86. The molecule has 1 aromatic carbocycles. The van der Waals surface area contributed by atoms with Crippen LogP contribution in [0, 0.1) is 0 Å². The SMILES string of the molecule is COc1cc2c(cc1OC)C1(CCN(c3nccc(N4CCCC(O)C4)n3)CC1)OCC2. The fraction of sp³-hybridized carbons (Fsp3) is 0.583. The van der Waals surface area contributed by atoms with Gasteiger partial charge in [0.2, 0.25) is 5.95 Å². The molecule has 0 radical (unpaired) electrons. The van der Waals surface area contributed by atoms with Gasteiger partial charge in [-0.1, -0.05) is 0 Å². The highest BCUT2D eigenvalue weighted by molar-refractivity contribution is 5.51. The van der Waals surface area contributed by atoms with Crippen LogP contribution >= 0.6 is 0 Å². The minimum Gasteiger partial charge on any atom is -0.493 e. The van der Waals surface area contributed by atoms with Gasteiger partial charge in [-0.15, -0.1) is 0 Å². The van der Waals surface area contributed by atoms with E-state index in [-0.39, 0.29) is 11.7 Å². The number of benzene rings is 1. The van der Waals surface area contributed by atoms with E-state index in [1.807, 2.05) is 12.3 Å². The molecule has 1 N–H and O–H groups in total. The number of hydrogen-bond acceptors (Lipinski definition) is 8. The number of β-amino-alcohol motifs (C(OH)–C–C–N with tert-alkyl or cyclic N) is 1. The van der Waals surface area contributed by atoms with Crippen LogP contribution in [0.4, 0.5) is 11.8 Å². The maximum Gasteiger partial charge on any atom is 0.227 e. The smallest absolute Gasteiger partial charge is 0.227 e. The van der Waals surface area contributed by atoms with Crippen molar-refractivity contribution in [1.82, 2.24) is 9.97 Å². The molecule has 1 spiro atoms. The van der Waals surface area contributed by atoms with E-state index in [1.54, 1.807) is 14.2 Å².